The minimum absolute atomic E-state index is 0.0599. The molecule has 1 aliphatic heterocycles. The van der Waals surface area contributed by atoms with Gasteiger partial charge in [-0.1, -0.05) is 5.21 Å². The van der Waals surface area contributed by atoms with E-state index in [0.717, 1.165) is 41.4 Å². The molecule has 250 valence electrons. The molecule has 3 aliphatic rings. The molecule has 2 heterocycles. The van der Waals surface area contributed by atoms with Crippen LogP contribution in [0.25, 0.3) is 11.3 Å². The van der Waals surface area contributed by atoms with Gasteiger partial charge in [0.25, 0.3) is 0 Å². The monoisotopic (exact) mass is 664 g/mol. The molecule has 3 fully saturated rings. The van der Waals surface area contributed by atoms with Crippen molar-refractivity contribution in [1.82, 2.24) is 19.9 Å². The van der Waals surface area contributed by atoms with E-state index in [0.29, 0.717) is 19.0 Å². The van der Waals surface area contributed by atoms with Gasteiger partial charge in [0.1, 0.15) is 40.7 Å². The molecule has 2 aromatic rings. The first-order valence-electron chi connectivity index (χ1n) is 14.9. The van der Waals surface area contributed by atoms with E-state index in [2.05, 4.69) is 10.3 Å². The topological polar surface area (TPSA) is 130 Å². The molecule has 45 heavy (non-hydrogen) atoms. The third kappa shape index (κ3) is 7.15. The number of aromatic nitrogens is 3. The summed E-state index contributed by atoms with van der Waals surface area (Å²) >= 11 is 0.874. The van der Waals surface area contributed by atoms with Crippen molar-refractivity contribution in [3.8, 4) is 11.3 Å². The van der Waals surface area contributed by atoms with E-state index >= 15 is 0 Å². The van der Waals surface area contributed by atoms with Crippen molar-refractivity contribution in [1.29, 1.82) is 0 Å². The van der Waals surface area contributed by atoms with Crippen molar-refractivity contribution in [3.63, 3.8) is 0 Å². The second-order valence-corrected chi connectivity index (χ2v) is 13.2. The molecule has 0 radical (unpaired) electrons. The molecule has 2 saturated carbocycles. The quantitative estimate of drug-likeness (QED) is 0.245. The van der Waals surface area contributed by atoms with Crippen LogP contribution in [0.5, 0.6) is 0 Å². The van der Waals surface area contributed by atoms with Gasteiger partial charge in [0.2, 0.25) is 11.8 Å². The summed E-state index contributed by atoms with van der Waals surface area (Å²) in [5, 5.41) is 39.7. The summed E-state index contributed by atoms with van der Waals surface area (Å²) < 4.78 is 82.6. The number of hydrogen-bond acceptors (Lipinski definition) is 9. The fourth-order valence-electron chi connectivity index (χ4n) is 5.99. The Labute approximate surface area is 260 Å². The smallest absolute Gasteiger partial charge is 0.248 e. The van der Waals surface area contributed by atoms with E-state index in [1.807, 2.05) is 0 Å². The molecular weight excluding hydrogens is 627 g/mol. The normalized spacial score (nSPS) is 28.5. The standard InChI is InChI=1S/C29H37F5N4O6S/c1-3-37(12-15-4-5-15)26(41)25(28(42)6-8-29(33,34)9-7-28)45-27-24(43-2)22(23(40)20(14-39)44-27)38-13-19(35-36-38)16-10-17(30)21(32)18(31)11-16/h10-11,13,15,20,22-25,27,39-40,42H,3-9,12,14H2,1-2H3/t20-,22+,23+,24-,25-,27+/m1/s1. The van der Waals surface area contributed by atoms with Gasteiger partial charge in [0.15, 0.2) is 17.5 Å². The molecule has 0 bridgehead atoms. The first-order valence-corrected chi connectivity index (χ1v) is 15.8. The van der Waals surface area contributed by atoms with Crippen LogP contribution < -0.4 is 0 Å². The second kappa shape index (κ2) is 13.4. The van der Waals surface area contributed by atoms with Gasteiger partial charge in [-0.2, -0.15) is 0 Å². The van der Waals surface area contributed by atoms with Crippen LogP contribution >= 0.6 is 11.8 Å². The lowest BCUT2D eigenvalue weighted by atomic mass is 9.80. The lowest BCUT2D eigenvalue weighted by Crippen LogP contribution is -2.59. The SMILES string of the molecule is CCN(CC1CC1)C(=O)[C@@H](S[C@@H]1O[C@H](CO)[C@H](O)[C@H](n2cc(-c3cc(F)c(F)c(F)c3)nn2)[C@H]1OC)C1(O)CCC(F)(F)CC1. The van der Waals surface area contributed by atoms with E-state index in [1.54, 1.807) is 11.8 Å². The molecule has 10 nitrogen and oxygen atoms in total. The maximum absolute atomic E-state index is 14.2. The van der Waals surface area contributed by atoms with Crippen LogP contribution in [0, 0.1) is 23.4 Å². The highest BCUT2D eigenvalue weighted by atomic mass is 32.2. The average molecular weight is 665 g/mol. The summed E-state index contributed by atoms with van der Waals surface area (Å²) in [7, 11) is 1.31. The number of aliphatic hydroxyl groups excluding tert-OH is 2. The Hall–Kier alpha value is -2.37. The molecule has 3 N–H and O–H groups in total. The zero-order valence-electron chi connectivity index (χ0n) is 24.8. The predicted octanol–water partition coefficient (Wildman–Crippen LogP) is 3.30. The molecule has 0 unspecified atom stereocenters. The number of amides is 1. The van der Waals surface area contributed by atoms with Crippen LogP contribution in [0.4, 0.5) is 22.0 Å². The zero-order chi connectivity index (χ0) is 32.7. The number of alkyl halides is 2. The van der Waals surface area contributed by atoms with E-state index in [4.69, 9.17) is 9.47 Å². The maximum Gasteiger partial charge on any atom is 0.248 e. The van der Waals surface area contributed by atoms with Crippen molar-refractivity contribution in [2.24, 2.45) is 5.92 Å². The second-order valence-electron chi connectivity index (χ2n) is 12.0. The Balaban J connectivity index is 1.47. The molecule has 5 rings (SSSR count). The van der Waals surface area contributed by atoms with Crippen LogP contribution in [-0.4, -0.2) is 108 Å². The van der Waals surface area contributed by atoms with Crippen LogP contribution in [0.1, 0.15) is 51.5 Å². The van der Waals surface area contributed by atoms with E-state index in [1.165, 1.54) is 13.3 Å². The summed E-state index contributed by atoms with van der Waals surface area (Å²) in [4.78, 5) is 15.6. The number of thioether (sulfide) groups is 1. The molecule has 1 amide bonds. The highest BCUT2D eigenvalue weighted by Gasteiger charge is 2.54. The van der Waals surface area contributed by atoms with E-state index in [-0.39, 0.29) is 24.1 Å². The number of rotatable bonds is 11. The molecule has 6 atom stereocenters. The Morgan fingerprint density at radius 3 is 2.40 bits per heavy atom. The third-order valence-electron chi connectivity index (χ3n) is 8.89. The lowest BCUT2D eigenvalue weighted by Gasteiger charge is -2.47. The Bertz CT molecular complexity index is 1330. The molecule has 1 aromatic heterocycles. The summed E-state index contributed by atoms with van der Waals surface area (Å²) in [5.74, 6) is -7.61. The predicted molar refractivity (Wildman–Crippen MR) is 152 cm³/mol. The number of hydrogen-bond donors (Lipinski definition) is 3. The minimum atomic E-state index is -2.97. The number of halogens is 5. The van der Waals surface area contributed by atoms with Gasteiger partial charge in [0, 0.05) is 38.6 Å². The third-order valence-corrected chi connectivity index (χ3v) is 10.5. The van der Waals surface area contributed by atoms with Gasteiger partial charge in [-0.05, 0) is 50.7 Å². The van der Waals surface area contributed by atoms with Gasteiger partial charge in [0.05, 0.1) is 18.4 Å². The highest BCUT2D eigenvalue weighted by Crippen LogP contribution is 2.47. The Morgan fingerprint density at radius 2 is 1.84 bits per heavy atom. The lowest BCUT2D eigenvalue weighted by molar-refractivity contribution is -0.186. The van der Waals surface area contributed by atoms with Crippen LogP contribution in [0.3, 0.4) is 0 Å². The van der Waals surface area contributed by atoms with Crippen LogP contribution in [-0.2, 0) is 14.3 Å². The number of benzene rings is 1. The van der Waals surface area contributed by atoms with Crippen LogP contribution in [0.2, 0.25) is 0 Å². The number of ether oxygens (including phenoxy) is 2. The van der Waals surface area contributed by atoms with Crippen LogP contribution in [0.15, 0.2) is 18.3 Å². The molecule has 16 heteroatoms. The molecule has 2 aliphatic carbocycles. The number of carbonyl (C=O) groups excluding carboxylic acids is 1. The minimum Gasteiger partial charge on any atom is -0.394 e. The van der Waals surface area contributed by atoms with Gasteiger partial charge in [-0.25, -0.2) is 26.6 Å². The number of aliphatic hydroxyl groups is 3. The van der Waals surface area contributed by atoms with E-state index < -0.39 is 89.4 Å². The average Bonchev–Trinajstić information content (AvgIpc) is 3.71. The van der Waals surface area contributed by atoms with Gasteiger partial charge in [-0.3, -0.25) is 4.79 Å². The molecule has 1 saturated heterocycles. The summed E-state index contributed by atoms with van der Waals surface area (Å²) in [5.41, 5.74) is -3.13. The summed E-state index contributed by atoms with van der Waals surface area (Å²) in [6, 6.07) is 0.341. The molecule has 0 spiro atoms. The molecular formula is C29H37F5N4O6S. The number of methoxy groups -OCH3 is 1. The first kappa shape index (κ1) is 34.0. The van der Waals surface area contributed by atoms with Gasteiger partial charge < -0.3 is 29.7 Å². The number of nitrogens with zero attached hydrogens (tertiary/aromatic N) is 4. The van der Waals surface area contributed by atoms with Crippen molar-refractivity contribution in [3.05, 3.63) is 35.8 Å². The van der Waals surface area contributed by atoms with Crippen molar-refractivity contribution >= 4 is 17.7 Å². The van der Waals surface area contributed by atoms with Gasteiger partial charge >= 0.3 is 0 Å². The number of carbonyl (C=O) groups is 1. The zero-order valence-corrected chi connectivity index (χ0v) is 25.6. The van der Waals surface area contributed by atoms with Crippen molar-refractivity contribution < 1.29 is 51.5 Å². The first-order chi connectivity index (χ1) is 21.3. The highest BCUT2D eigenvalue weighted by molar-refractivity contribution is 8.01. The van der Waals surface area contributed by atoms with E-state index in [9.17, 15) is 42.1 Å². The van der Waals surface area contributed by atoms with Crippen molar-refractivity contribution in [2.75, 3.05) is 26.8 Å². The maximum atomic E-state index is 14.2. The van der Waals surface area contributed by atoms with Gasteiger partial charge in [-0.15, -0.1) is 16.9 Å². The Morgan fingerprint density at radius 1 is 1.20 bits per heavy atom. The summed E-state index contributed by atoms with van der Waals surface area (Å²) in [6.45, 7) is 1.93. The van der Waals surface area contributed by atoms with Crippen molar-refractivity contribution in [2.45, 2.75) is 92.0 Å². The fourth-order valence-corrected chi connectivity index (χ4v) is 7.65. The molecule has 1 aromatic carbocycles. The fraction of sp³-hybridized carbons (Fsp3) is 0.690. The summed E-state index contributed by atoms with van der Waals surface area (Å²) in [6.07, 6.45) is -2.49. The Kier molecular flexibility index (Phi) is 10.1. The largest absolute Gasteiger partial charge is 0.394 e.